The highest BCUT2D eigenvalue weighted by atomic mass is 35.5. The van der Waals surface area contributed by atoms with Gasteiger partial charge < -0.3 is 11.1 Å². The van der Waals surface area contributed by atoms with E-state index in [-0.39, 0.29) is 29.8 Å². The standard InChI is InChI=1S/C29H41N3O.ClH/c1-18-7-5-6-8-26(18)32-27(30)31-21-13-15-28(3)20(17-21)9-10-22-24-12-11-23(19(2)33)29(24,4)16-14-25(22)28;/h5-9,21-25H,10-17H2,1-4H3,(H3,30,31,32);1H/t21?,22?,23-,24?,25?,28+,29-;/m1./s1. The highest BCUT2D eigenvalue weighted by Crippen LogP contribution is 2.66. The van der Waals surface area contributed by atoms with Gasteiger partial charge in [-0.05, 0) is 105 Å². The monoisotopic (exact) mass is 483 g/mol. The first-order valence-electron chi connectivity index (χ1n) is 13.1. The van der Waals surface area contributed by atoms with E-state index >= 15 is 0 Å². The average Bonchev–Trinajstić information content (AvgIpc) is 3.13. The topological polar surface area (TPSA) is 67.5 Å². The Labute approximate surface area is 211 Å². The van der Waals surface area contributed by atoms with Gasteiger partial charge in [0.25, 0.3) is 0 Å². The fourth-order valence-electron chi connectivity index (χ4n) is 8.50. The van der Waals surface area contributed by atoms with E-state index in [2.05, 4.69) is 44.3 Å². The average molecular weight is 484 g/mol. The van der Waals surface area contributed by atoms with Crippen molar-refractivity contribution in [3.05, 3.63) is 41.5 Å². The van der Waals surface area contributed by atoms with Gasteiger partial charge in [0.15, 0.2) is 5.96 Å². The van der Waals surface area contributed by atoms with Gasteiger partial charge in [-0.25, -0.2) is 4.99 Å². The van der Waals surface area contributed by atoms with Crippen LogP contribution in [0, 0.1) is 41.4 Å². The molecular weight excluding hydrogens is 442 g/mol. The quantitative estimate of drug-likeness (QED) is 0.286. The van der Waals surface area contributed by atoms with E-state index in [0.717, 1.165) is 36.8 Å². The first-order valence-corrected chi connectivity index (χ1v) is 13.1. The van der Waals surface area contributed by atoms with Crippen LogP contribution in [0.15, 0.2) is 40.9 Å². The number of benzene rings is 1. The molecule has 0 amide bonds. The Morgan fingerprint density at radius 2 is 1.85 bits per heavy atom. The van der Waals surface area contributed by atoms with Crippen molar-refractivity contribution >= 4 is 29.8 Å². The normalized spacial score (nSPS) is 39.1. The predicted octanol–water partition coefficient (Wildman–Crippen LogP) is 6.68. The van der Waals surface area contributed by atoms with Crippen LogP contribution in [0.5, 0.6) is 0 Å². The van der Waals surface area contributed by atoms with E-state index in [0.29, 0.717) is 23.1 Å². The third-order valence-electron chi connectivity index (χ3n) is 10.3. The number of nitrogens with one attached hydrogen (secondary N) is 1. The molecule has 4 aliphatic carbocycles. The second-order valence-corrected chi connectivity index (χ2v) is 11.9. The second-order valence-electron chi connectivity index (χ2n) is 11.9. The molecule has 0 saturated heterocycles. The molecule has 0 heterocycles. The molecule has 3 fully saturated rings. The minimum atomic E-state index is 0. The summed E-state index contributed by atoms with van der Waals surface area (Å²) < 4.78 is 0. The number of guanidine groups is 1. The van der Waals surface area contributed by atoms with Crippen molar-refractivity contribution in [1.29, 1.82) is 0 Å². The molecule has 0 bridgehead atoms. The van der Waals surface area contributed by atoms with Crippen LogP contribution in [-0.2, 0) is 4.79 Å². The van der Waals surface area contributed by atoms with Crippen LogP contribution in [-0.4, -0.2) is 17.8 Å². The summed E-state index contributed by atoms with van der Waals surface area (Å²) in [5, 5.41) is 3.31. The maximum absolute atomic E-state index is 12.4. The van der Waals surface area contributed by atoms with Gasteiger partial charge in [-0.1, -0.05) is 43.7 Å². The van der Waals surface area contributed by atoms with E-state index in [1.54, 1.807) is 5.57 Å². The van der Waals surface area contributed by atoms with Gasteiger partial charge in [-0.15, -0.1) is 12.4 Å². The Hall–Kier alpha value is -1.81. The van der Waals surface area contributed by atoms with Crippen LogP contribution in [0.2, 0.25) is 0 Å². The molecule has 0 radical (unpaired) electrons. The van der Waals surface area contributed by atoms with Crippen molar-refractivity contribution in [3.8, 4) is 0 Å². The van der Waals surface area contributed by atoms with E-state index in [1.165, 1.54) is 37.7 Å². The molecule has 0 aliphatic heterocycles. The van der Waals surface area contributed by atoms with Gasteiger partial charge in [0.1, 0.15) is 5.78 Å². The van der Waals surface area contributed by atoms with Crippen molar-refractivity contribution in [2.45, 2.75) is 85.1 Å². The lowest BCUT2D eigenvalue weighted by atomic mass is 9.47. The van der Waals surface area contributed by atoms with Gasteiger partial charge in [0.2, 0.25) is 0 Å². The number of hydrogen-bond donors (Lipinski definition) is 2. The Morgan fingerprint density at radius 3 is 2.59 bits per heavy atom. The minimum absolute atomic E-state index is 0. The van der Waals surface area contributed by atoms with Crippen molar-refractivity contribution < 1.29 is 4.79 Å². The number of anilines is 1. The number of halogens is 1. The zero-order valence-electron chi connectivity index (χ0n) is 21.3. The molecule has 7 atom stereocenters. The summed E-state index contributed by atoms with van der Waals surface area (Å²) in [5.74, 6) is 3.46. The molecule has 1 aromatic rings. The summed E-state index contributed by atoms with van der Waals surface area (Å²) in [6.45, 7) is 8.88. The molecule has 5 rings (SSSR count). The van der Waals surface area contributed by atoms with E-state index in [1.807, 2.05) is 19.1 Å². The van der Waals surface area contributed by atoms with Crippen molar-refractivity contribution in [2.75, 3.05) is 5.32 Å². The number of rotatable bonds is 3. The molecule has 3 N–H and O–H groups in total. The molecule has 0 aromatic heterocycles. The van der Waals surface area contributed by atoms with Crippen molar-refractivity contribution in [2.24, 2.45) is 45.2 Å². The van der Waals surface area contributed by atoms with E-state index in [9.17, 15) is 4.79 Å². The van der Waals surface area contributed by atoms with Crippen LogP contribution in [0.3, 0.4) is 0 Å². The lowest BCUT2D eigenvalue weighted by molar-refractivity contribution is -0.127. The number of hydrogen-bond acceptors (Lipinski definition) is 2. The van der Waals surface area contributed by atoms with Gasteiger partial charge >= 0.3 is 0 Å². The van der Waals surface area contributed by atoms with Crippen LogP contribution in [0.25, 0.3) is 0 Å². The van der Waals surface area contributed by atoms with Crippen molar-refractivity contribution in [1.82, 2.24) is 0 Å². The Morgan fingerprint density at radius 1 is 1.09 bits per heavy atom. The Balaban J connectivity index is 0.00000274. The number of nitrogens with two attached hydrogens (primary N) is 1. The third kappa shape index (κ3) is 4.10. The van der Waals surface area contributed by atoms with Gasteiger partial charge in [-0.2, -0.15) is 0 Å². The number of fused-ring (bicyclic) bond motifs is 5. The number of aryl methyl sites for hydroxylation is 1. The zero-order valence-corrected chi connectivity index (χ0v) is 22.1. The SMILES string of the molecule is CC(=O)[C@H]1CCC2C3CC=C4CC(N=C(N)Nc5ccccc5C)CC[C@]4(C)C3CC[C@@]21C.Cl. The number of aliphatic imine (C=N–C) groups is 1. The zero-order chi connectivity index (χ0) is 23.4. The maximum Gasteiger partial charge on any atom is 0.193 e. The first-order chi connectivity index (χ1) is 15.7. The molecule has 34 heavy (non-hydrogen) atoms. The molecule has 4 unspecified atom stereocenters. The van der Waals surface area contributed by atoms with Crippen LogP contribution >= 0.6 is 12.4 Å². The number of para-hydroxylation sites is 1. The molecule has 5 heteroatoms. The summed E-state index contributed by atoms with van der Waals surface area (Å²) in [7, 11) is 0. The van der Waals surface area contributed by atoms with Crippen LogP contribution in [0.4, 0.5) is 5.69 Å². The van der Waals surface area contributed by atoms with Crippen LogP contribution in [0.1, 0.15) is 77.7 Å². The number of ketones is 1. The Kier molecular flexibility index (Phi) is 6.94. The van der Waals surface area contributed by atoms with E-state index in [4.69, 9.17) is 10.7 Å². The summed E-state index contributed by atoms with van der Waals surface area (Å²) in [5.41, 5.74) is 10.7. The molecule has 4 nitrogen and oxygen atoms in total. The first kappa shape index (κ1) is 25.3. The lowest BCUT2D eigenvalue weighted by Gasteiger charge is -2.58. The highest BCUT2D eigenvalue weighted by molar-refractivity contribution is 5.93. The summed E-state index contributed by atoms with van der Waals surface area (Å²) >= 11 is 0. The molecule has 4 aliphatic rings. The lowest BCUT2D eigenvalue weighted by Crippen LogP contribution is -2.50. The second kappa shape index (κ2) is 9.33. The van der Waals surface area contributed by atoms with Crippen LogP contribution < -0.4 is 11.1 Å². The minimum Gasteiger partial charge on any atom is -0.370 e. The van der Waals surface area contributed by atoms with Gasteiger partial charge in [0.05, 0.1) is 6.04 Å². The number of allylic oxidation sites excluding steroid dienone is 1. The summed E-state index contributed by atoms with van der Waals surface area (Å²) in [6.07, 6.45) is 12.0. The largest absolute Gasteiger partial charge is 0.370 e. The number of carbonyl (C=O) groups excluding carboxylic acids is 1. The number of Topliss-reactive ketones (excluding diaryl/α,β-unsaturated/α-hetero) is 1. The summed E-state index contributed by atoms with van der Waals surface area (Å²) in [4.78, 5) is 17.3. The number of carbonyl (C=O) groups is 1. The molecule has 0 spiro atoms. The number of nitrogens with zero attached hydrogens (tertiary/aromatic N) is 1. The molecular formula is C29H42ClN3O. The highest BCUT2D eigenvalue weighted by Gasteiger charge is 2.59. The summed E-state index contributed by atoms with van der Waals surface area (Å²) in [6, 6.07) is 8.47. The third-order valence-corrected chi connectivity index (χ3v) is 10.3. The smallest absolute Gasteiger partial charge is 0.193 e. The fourth-order valence-corrected chi connectivity index (χ4v) is 8.50. The molecule has 186 valence electrons. The molecule has 1 aromatic carbocycles. The maximum atomic E-state index is 12.4. The fraction of sp³-hybridized carbons (Fsp3) is 0.655. The Bertz CT molecular complexity index is 1000. The van der Waals surface area contributed by atoms with Gasteiger partial charge in [-0.3, -0.25) is 4.79 Å². The predicted molar refractivity (Wildman–Crippen MR) is 143 cm³/mol. The molecule has 3 saturated carbocycles. The van der Waals surface area contributed by atoms with Gasteiger partial charge in [0, 0.05) is 11.6 Å². The van der Waals surface area contributed by atoms with Crippen molar-refractivity contribution in [3.63, 3.8) is 0 Å². The van der Waals surface area contributed by atoms with E-state index < -0.39 is 0 Å².